The van der Waals surface area contributed by atoms with Gasteiger partial charge in [-0.3, -0.25) is 35.7 Å². The first-order valence-corrected chi connectivity index (χ1v) is 43.7. The molecule has 2 amide bonds. The van der Waals surface area contributed by atoms with Crippen LogP contribution in [-0.4, -0.2) is 154 Å². The number of benzene rings is 6. The van der Waals surface area contributed by atoms with Crippen LogP contribution in [0.2, 0.25) is 6.82 Å². The van der Waals surface area contributed by atoms with Crippen molar-refractivity contribution in [2.45, 2.75) is 141 Å². The van der Waals surface area contributed by atoms with E-state index in [2.05, 4.69) is 104 Å². The number of methoxy groups -OCH3 is 1. The number of carbonyl (C=O) groups excluding carboxylic acids is 10. The number of esters is 5. The molecule has 719 valence electrons. The van der Waals surface area contributed by atoms with Gasteiger partial charge in [0.05, 0.1) is 109 Å². The van der Waals surface area contributed by atoms with Gasteiger partial charge in [0, 0.05) is 119 Å². The number of halogens is 1. The third-order valence-corrected chi connectivity index (χ3v) is 19.0. The summed E-state index contributed by atoms with van der Waals surface area (Å²) in [6.45, 7) is 32.0. The average molecular weight is 1990 g/mol. The van der Waals surface area contributed by atoms with Crippen molar-refractivity contribution in [1.82, 2.24) is 22.8 Å². The zero-order chi connectivity index (χ0) is 103. The second kappa shape index (κ2) is 71.0. The number of aldehydes is 1. The van der Waals surface area contributed by atoms with Gasteiger partial charge in [-0.05, 0) is 334 Å². The summed E-state index contributed by atoms with van der Waals surface area (Å²) in [6, 6.07) is 60.2. The molecule has 1 aliphatic rings. The molecule has 6 aromatic carbocycles. The van der Waals surface area contributed by atoms with E-state index in [4.69, 9.17) is 81.6 Å². The summed E-state index contributed by atoms with van der Waals surface area (Å²) in [5, 5.41) is 50.8. The number of rotatable bonds is 23. The number of anilines is 1. The molecular formula is C101H116B2BrKN13O19S. The molecule has 8 N–H and O–H groups in total. The van der Waals surface area contributed by atoms with Gasteiger partial charge in [0.1, 0.15) is 0 Å². The van der Waals surface area contributed by atoms with Crippen molar-refractivity contribution < 1.29 is 143 Å². The van der Waals surface area contributed by atoms with Gasteiger partial charge in [0.2, 0.25) is 11.8 Å². The Kier molecular flexibility index (Phi) is 64.0. The summed E-state index contributed by atoms with van der Waals surface area (Å²) < 4.78 is 47.3. The molecule has 6 heterocycles. The largest absolute Gasteiger partial charge is 1.00 e. The molecule has 0 saturated carbocycles. The monoisotopic (exact) mass is 1990 g/mol. The number of ether oxygens (including phenoxy) is 7. The van der Waals surface area contributed by atoms with Crippen molar-refractivity contribution >= 4 is 109 Å². The van der Waals surface area contributed by atoms with E-state index < -0.39 is 24.9 Å². The van der Waals surface area contributed by atoms with Crippen LogP contribution in [0.3, 0.4) is 0 Å². The number of carbonyl (C=O) groups is 8. The van der Waals surface area contributed by atoms with Crippen LogP contribution in [0.1, 0.15) is 171 Å². The molecule has 1 radical (unpaired) electrons. The molecule has 2 atom stereocenters. The topological polar surface area (TPSA) is 486 Å². The quantitative estimate of drug-likeness (QED) is 0.00506. The van der Waals surface area contributed by atoms with Gasteiger partial charge in [-0.15, -0.1) is 0 Å². The molecule has 0 aliphatic carbocycles. The smallest absolute Gasteiger partial charge is 0.489 e. The Morgan fingerprint density at radius 3 is 1.30 bits per heavy atom. The third kappa shape index (κ3) is 47.3. The van der Waals surface area contributed by atoms with Crippen LogP contribution >= 0.6 is 28.7 Å². The molecule has 0 bridgehead atoms. The summed E-state index contributed by atoms with van der Waals surface area (Å²) in [5.41, 5.74) is 34.5. The molecule has 0 spiro atoms. The molecule has 32 nitrogen and oxygen atoms in total. The second-order valence-corrected chi connectivity index (χ2v) is 29.4. The Balaban J connectivity index is 0.00000154. The van der Waals surface area contributed by atoms with E-state index >= 15 is 0 Å². The van der Waals surface area contributed by atoms with Crippen molar-refractivity contribution in [3.63, 3.8) is 0 Å². The number of hydrogen-bond acceptors (Lipinski definition) is 26. The Morgan fingerprint density at radius 2 is 0.942 bits per heavy atom. The molecule has 1 aliphatic heterocycles. The van der Waals surface area contributed by atoms with Crippen LogP contribution in [0.4, 0.5) is 5.69 Å². The first-order chi connectivity index (χ1) is 65.4. The van der Waals surface area contributed by atoms with Gasteiger partial charge >= 0.3 is 113 Å². The average Bonchev–Trinajstić information content (AvgIpc) is 1.64. The molecular weight excluding hydrogens is 1870 g/mol. The molecule has 138 heavy (non-hydrogen) atoms. The number of nitrogen functional groups attached to an aromatic ring is 1. The second-order valence-electron chi connectivity index (χ2n) is 28.4. The fourth-order valence-corrected chi connectivity index (χ4v) is 12.7. The normalized spacial score (nSPS) is 11.1. The standard InChI is InChI=1S/C17H17BrN2O2.C17H18N2O2.C17H16N2O2.C13H10N2O.C12H12N2O.C8H10N2O.C6H12O2.C5H8O2.C4H7O2.CH5BO2.CO2.BHNS.K/c1-3-22-17(21)9-6-14-5-8-16(18)20(14)15-7-4-13(11-19)10-12(15)2;2*1-3-21-17(20)9-7-15-5-4-10-19(15)16-8-6-14(12-18)11-13(16)2;1-10-7-11(8-14)4-5-13(10)15-6-2-3-12(15)9-16;1-9-8-10(12(13)15)4-5-11(9)14-6-2-3-7-14;1-5-4-6(8(10)11)2-3-7(5)9;1-5-3-4-6(7-2)8-5;1-3-5(6)7-4-2;1-3-6-4(2)5;1-2(3)4;2-1-3;1-2-3;/h4-5,7-8,10H,3,6,9H2,1-2H3;4-6,8,10-11H,3,7,9H2,1-2H3;4-11H,3H2,1-2H3;2-7,9H,1H3;2-8H,1H3,(H2,13,15);2-4H,9H2,1H3,(H2,10,11);5-6H,3-4H2,1-2H3;3H,1,4H2,2H3;2-3H2,1H3;3-4H,1H3;;3H;/q;;;;;;;;-1;;;;+1. The van der Waals surface area contributed by atoms with E-state index in [0.29, 0.717) is 110 Å². The molecule has 11 aromatic rings. The van der Waals surface area contributed by atoms with Crippen molar-refractivity contribution in [3.05, 3.63) is 321 Å². The minimum absolute atomic E-state index is 0. The van der Waals surface area contributed by atoms with E-state index in [0.717, 1.165) is 109 Å². The number of thiol groups is 1. The van der Waals surface area contributed by atoms with Gasteiger partial charge in [-0.25, -0.2) is 9.59 Å². The summed E-state index contributed by atoms with van der Waals surface area (Å²) in [6.07, 6.45) is 19.6. The fraction of sp³-hybridized carbons (Fsp3) is 0.267. The van der Waals surface area contributed by atoms with Crippen LogP contribution in [0.25, 0.3) is 34.5 Å². The van der Waals surface area contributed by atoms with Crippen LogP contribution in [0, 0.1) is 93.8 Å². The number of primary amides is 2. The molecule has 37 heteroatoms. The van der Waals surface area contributed by atoms with Crippen LogP contribution in [0.15, 0.2) is 228 Å². The SMILES string of the molecule is C=CC(=O)OCC.CB(O)O.CCOC(=O)C=Cc1cccn1-c1ccc(C#N)cc1C.CCOC(=O)CCc1ccc(Br)n1-c1ccc(C#N)cc1C.CCOC(=O)CCc1cccn1-c1ccc(C#N)cc1C.COC1CCC(C)O1.Cc1cc(C#N)ccc1-n1cccc1C=O.Cc1cc(C(N)=O)ccc1-n1cccc1.Cc1cc(C(N)=O)ccc1N.O=C=O.[B]=NS.[CH2-]C(=O)OCC.[K+]. The van der Waals surface area contributed by atoms with Crippen LogP contribution in [0.5, 0.6) is 0 Å². The first-order valence-electron chi connectivity index (χ1n) is 42.5. The predicted molar refractivity (Wildman–Crippen MR) is 530 cm³/mol. The zero-order valence-electron chi connectivity index (χ0n) is 80.2. The van der Waals surface area contributed by atoms with Crippen LogP contribution < -0.4 is 68.6 Å². The van der Waals surface area contributed by atoms with E-state index in [9.17, 15) is 38.4 Å². The first kappa shape index (κ1) is 124. The maximum Gasteiger partial charge on any atom is 1.00 e. The van der Waals surface area contributed by atoms with Gasteiger partial charge in [-0.2, -0.15) is 30.6 Å². The number of nitrogens with zero attached hydrogens (tertiary/aromatic N) is 10. The molecule has 1 fully saturated rings. The number of aromatic nitrogens is 5. The van der Waals surface area contributed by atoms with Gasteiger partial charge < -0.3 is 83.2 Å². The number of nitriles is 4. The summed E-state index contributed by atoms with van der Waals surface area (Å²) in [5.74, 6) is -2.36. The van der Waals surface area contributed by atoms with E-state index in [1.165, 1.54) is 12.9 Å². The van der Waals surface area contributed by atoms with Gasteiger partial charge in [0.15, 0.2) is 18.5 Å². The Labute approximate surface area is 864 Å². The molecule has 12 rings (SSSR count). The van der Waals surface area contributed by atoms with Crippen molar-refractivity contribution in [2.24, 2.45) is 15.8 Å². The Hall–Kier alpha value is -13.6. The number of nitrogens with two attached hydrogens (primary N) is 3. The minimum Gasteiger partial charge on any atom is -0.489 e. The maximum absolute atomic E-state index is 11.5. The summed E-state index contributed by atoms with van der Waals surface area (Å²) >= 11 is 6.73. The van der Waals surface area contributed by atoms with Gasteiger partial charge in [-0.1, -0.05) is 6.58 Å². The number of hydrogen-bond donors (Lipinski definition) is 6. The minimum atomic E-state index is -1.17. The van der Waals surface area contributed by atoms with E-state index in [1.807, 2.05) is 195 Å². The number of amides is 2. The predicted octanol–water partition coefficient (Wildman–Crippen LogP) is 13.3. The van der Waals surface area contributed by atoms with E-state index in [1.54, 1.807) is 108 Å². The Bertz CT molecular complexity index is 5950. The molecule has 1 saturated heterocycles. The summed E-state index contributed by atoms with van der Waals surface area (Å²) in [4.78, 5) is 103. The van der Waals surface area contributed by atoms with Crippen molar-refractivity contribution in [2.75, 3.05) is 45.9 Å². The maximum atomic E-state index is 11.5. The van der Waals surface area contributed by atoms with E-state index in [-0.39, 0.29) is 87.7 Å². The van der Waals surface area contributed by atoms with Crippen LogP contribution in [-0.2, 0) is 79.6 Å². The summed E-state index contributed by atoms with van der Waals surface area (Å²) in [7, 11) is 4.85. The third-order valence-electron chi connectivity index (χ3n) is 18.3. The Morgan fingerprint density at radius 1 is 0.558 bits per heavy atom. The van der Waals surface area contributed by atoms with Crippen molar-refractivity contribution in [3.8, 4) is 52.7 Å². The van der Waals surface area contributed by atoms with Crippen molar-refractivity contribution in [1.29, 1.82) is 21.0 Å². The number of aryl methyl sites for hydroxylation is 8. The van der Waals surface area contributed by atoms with Gasteiger partial charge in [0.25, 0.3) is 0 Å². The fourth-order valence-electron chi connectivity index (χ4n) is 12.2. The zero-order valence-corrected chi connectivity index (χ0v) is 85.8. The molecule has 5 aromatic heterocycles. The molecule has 2 unspecified atom stereocenters.